The van der Waals surface area contributed by atoms with E-state index in [1.54, 1.807) is 0 Å². The van der Waals surface area contributed by atoms with E-state index < -0.39 is 28.3 Å². The Bertz CT molecular complexity index is 1130. The predicted octanol–water partition coefficient (Wildman–Crippen LogP) is 3.95. The maximum Gasteiger partial charge on any atom is 0.264 e. The standard InChI is InChI=1S/C24H25FN2O4S/c1-18(19-6-4-3-5-7-19)16-26-24(28)17-27(21-10-8-20(25)9-11-21)32(29,30)23-14-12-22(31-2)13-15-23/h3-15,18H,16-17H2,1-2H3,(H,26,28)/t18-/m0/s1. The van der Waals surface area contributed by atoms with Crippen LogP contribution in [0.2, 0.25) is 0 Å². The summed E-state index contributed by atoms with van der Waals surface area (Å²) in [6.07, 6.45) is 0. The van der Waals surface area contributed by atoms with Gasteiger partial charge in [0.25, 0.3) is 10.0 Å². The lowest BCUT2D eigenvalue weighted by atomic mass is 10.0. The molecule has 0 aliphatic rings. The first-order chi connectivity index (χ1) is 15.3. The number of ether oxygens (including phenoxy) is 1. The number of halogens is 1. The van der Waals surface area contributed by atoms with Gasteiger partial charge in [-0.25, -0.2) is 12.8 Å². The van der Waals surface area contributed by atoms with E-state index in [2.05, 4.69) is 5.32 Å². The van der Waals surface area contributed by atoms with Gasteiger partial charge in [0.15, 0.2) is 0 Å². The van der Waals surface area contributed by atoms with Crippen molar-refractivity contribution in [2.75, 3.05) is 24.5 Å². The largest absolute Gasteiger partial charge is 0.497 e. The lowest BCUT2D eigenvalue weighted by Gasteiger charge is -2.24. The van der Waals surface area contributed by atoms with Gasteiger partial charge in [-0.2, -0.15) is 0 Å². The van der Waals surface area contributed by atoms with E-state index in [-0.39, 0.29) is 16.5 Å². The summed E-state index contributed by atoms with van der Waals surface area (Å²) in [6, 6.07) is 20.5. The van der Waals surface area contributed by atoms with Crippen LogP contribution in [0.1, 0.15) is 18.4 Å². The molecule has 0 aromatic heterocycles. The third-order valence-corrected chi connectivity index (χ3v) is 6.81. The first-order valence-electron chi connectivity index (χ1n) is 10.1. The van der Waals surface area contributed by atoms with E-state index in [0.29, 0.717) is 12.3 Å². The zero-order chi connectivity index (χ0) is 23.1. The molecule has 1 atom stereocenters. The maximum absolute atomic E-state index is 13.4. The zero-order valence-electron chi connectivity index (χ0n) is 17.9. The number of benzene rings is 3. The van der Waals surface area contributed by atoms with Crippen LogP contribution in [0.25, 0.3) is 0 Å². The van der Waals surface area contributed by atoms with Gasteiger partial charge in [-0.15, -0.1) is 0 Å². The van der Waals surface area contributed by atoms with Gasteiger partial charge in [0.2, 0.25) is 5.91 Å². The predicted molar refractivity (Wildman–Crippen MR) is 122 cm³/mol. The summed E-state index contributed by atoms with van der Waals surface area (Å²) < 4.78 is 46.1. The topological polar surface area (TPSA) is 75.7 Å². The smallest absolute Gasteiger partial charge is 0.264 e. The third-order valence-electron chi connectivity index (χ3n) is 5.02. The molecule has 3 rings (SSSR count). The van der Waals surface area contributed by atoms with E-state index in [1.807, 2.05) is 37.3 Å². The van der Waals surface area contributed by atoms with Crippen molar-refractivity contribution in [2.24, 2.45) is 0 Å². The quantitative estimate of drug-likeness (QED) is 0.529. The fourth-order valence-corrected chi connectivity index (χ4v) is 4.57. The summed E-state index contributed by atoms with van der Waals surface area (Å²) in [5.74, 6) is -0.409. The molecule has 168 valence electrons. The van der Waals surface area contributed by atoms with Gasteiger partial charge >= 0.3 is 0 Å². The summed E-state index contributed by atoms with van der Waals surface area (Å²) in [4.78, 5) is 12.7. The van der Waals surface area contributed by atoms with Crippen LogP contribution in [0.5, 0.6) is 5.75 Å². The summed E-state index contributed by atoms with van der Waals surface area (Å²) in [5, 5.41) is 2.80. The number of hydrogen-bond donors (Lipinski definition) is 1. The maximum atomic E-state index is 13.4. The van der Waals surface area contributed by atoms with Crippen molar-refractivity contribution in [1.82, 2.24) is 5.32 Å². The molecule has 6 nitrogen and oxygen atoms in total. The molecule has 3 aromatic carbocycles. The Hall–Kier alpha value is -3.39. The fraction of sp³-hybridized carbons (Fsp3) is 0.208. The molecule has 1 amide bonds. The average Bonchev–Trinajstić information content (AvgIpc) is 2.82. The number of nitrogens with one attached hydrogen (secondary N) is 1. The van der Waals surface area contributed by atoms with E-state index in [1.165, 1.54) is 43.5 Å². The number of carbonyl (C=O) groups is 1. The molecule has 0 saturated heterocycles. The number of rotatable bonds is 9. The summed E-state index contributed by atoms with van der Waals surface area (Å²) in [5.41, 5.74) is 1.25. The minimum absolute atomic E-state index is 0.00641. The second-order valence-electron chi connectivity index (χ2n) is 7.28. The second-order valence-corrected chi connectivity index (χ2v) is 9.14. The molecule has 0 bridgehead atoms. The van der Waals surface area contributed by atoms with Crippen LogP contribution >= 0.6 is 0 Å². The van der Waals surface area contributed by atoms with E-state index >= 15 is 0 Å². The van der Waals surface area contributed by atoms with Gasteiger partial charge in [0.1, 0.15) is 18.1 Å². The van der Waals surface area contributed by atoms with Crippen molar-refractivity contribution in [3.63, 3.8) is 0 Å². The number of carbonyl (C=O) groups excluding carboxylic acids is 1. The molecule has 0 aliphatic heterocycles. The van der Waals surface area contributed by atoms with Crippen molar-refractivity contribution in [1.29, 1.82) is 0 Å². The van der Waals surface area contributed by atoms with Crippen LogP contribution in [-0.4, -0.2) is 34.5 Å². The van der Waals surface area contributed by atoms with E-state index in [4.69, 9.17) is 4.74 Å². The Morgan fingerprint density at radius 3 is 2.22 bits per heavy atom. The number of amides is 1. The zero-order valence-corrected chi connectivity index (χ0v) is 18.7. The van der Waals surface area contributed by atoms with Gasteiger partial charge in [-0.05, 0) is 60.0 Å². The number of hydrogen-bond acceptors (Lipinski definition) is 4. The molecule has 0 aliphatic carbocycles. The molecule has 0 unspecified atom stereocenters. The van der Waals surface area contributed by atoms with Gasteiger partial charge in [0.05, 0.1) is 17.7 Å². The number of methoxy groups -OCH3 is 1. The molecule has 3 aromatic rings. The molecule has 8 heteroatoms. The molecule has 1 N–H and O–H groups in total. The highest BCUT2D eigenvalue weighted by Gasteiger charge is 2.27. The minimum atomic E-state index is -4.08. The third kappa shape index (κ3) is 5.64. The lowest BCUT2D eigenvalue weighted by Crippen LogP contribution is -2.41. The van der Waals surface area contributed by atoms with Gasteiger partial charge < -0.3 is 10.1 Å². The van der Waals surface area contributed by atoms with Gasteiger partial charge in [-0.3, -0.25) is 9.10 Å². The molecule has 32 heavy (non-hydrogen) atoms. The highest BCUT2D eigenvalue weighted by Crippen LogP contribution is 2.25. The van der Waals surface area contributed by atoms with Crippen LogP contribution in [0.4, 0.5) is 10.1 Å². The molecule has 0 radical (unpaired) electrons. The van der Waals surface area contributed by atoms with Crippen molar-refractivity contribution in [3.8, 4) is 5.75 Å². The van der Waals surface area contributed by atoms with Crippen molar-refractivity contribution in [3.05, 3.63) is 90.2 Å². The second kappa shape index (κ2) is 10.3. The van der Waals surface area contributed by atoms with Crippen molar-refractivity contribution in [2.45, 2.75) is 17.7 Å². The van der Waals surface area contributed by atoms with E-state index in [9.17, 15) is 17.6 Å². The van der Waals surface area contributed by atoms with E-state index in [0.717, 1.165) is 22.0 Å². The highest BCUT2D eigenvalue weighted by molar-refractivity contribution is 7.92. The Morgan fingerprint density at radius 1 is 1.00 bits per heavy atom. The van der Waals surface area contributed by atoms with Gasteiger partial charge in [0, 0.05) is 6.54 Å². The van der Waals surface area contributed by atoms with Gasteiger partial charge in [-0.1, -0.05) is 37.3 Å². The first kappa shape index (κ1) is 23.3. The molecule has 0 heterocycles. The summed E-state index contributed by atoms with van der Waals surface area (Å²) in [6.45, 7) is 1.88. The van der Waals surface area contributed by atoms with Crippen molar-refractivity contribution >= 4 is 21.6 Å². The normalized spacial score (nSPS) is 12.1. The molecule has 0 spiro atoms. The number of anilines is 1. The molecule has 0 fully saturated rings. The first-order valence-corrected chi connectivity index (χ1v) is 11.5. The molecule has 0 saturated carbocycles. The van der Waals surface area contributed by atoms with Crippen LogP contribution in [0.3, 0.4) is 0 Å². The Kier molecular flexibility index (Phi) is 7.48. The molecular formula is C24H25FN2O4S. The Morgan fingerprint density at radius 2 is 1.62 bits per heavy atom. The lowest BCUT2D eigenvalue weighted by molar-refractivity contribution is -0.119. The summed E-state index contributed by atoms with van der Waals surface area (Å²) in [7, 11) is -2.60. The van der Waals surface area contributed by atoms with Crippen LogP contribution in [0.15, 0.2) is 83.8 Å². The van der Waals surface area contributed by atoms with Crippen molar-refractivity contribution < 1.29 is 22.3 Å². The number of sulfonamides is 1. The highest BCUT2D eigenvalue weighted by atomic mass is 32.2. The van der Waals surface area contributed by atoms with Crippen LogP contribution in [-0.2, 0) is 14.8 Å². The fourth-order valence-electron chi connectivity index (χ4n) is 3.15. The van der Waals surface area contributed by atoms with Crippen LogP contribution < -0.4 is 14.4 Å². The monoisotopic (exact) mass is 456 g/mol. The minimum Gasteiger partial charge on any atom is -0.497 e. The van der Waals surface area contributed by atoms with Crippen LogP contribution in [0, 0.1) is 5.82 Å². The summed E-state index contributed by atoms with van der Waals surface area (Å²) >= 11 is 0. The number of nitrogens with zero attached hydrogens (tertiary/aromatic N) is 1. The molecular weight excluding hydrogens is 431 g/mol. The Labute approximate surface area is 187 Å². The Balaban J connectivity index is 1.81. The average molecular weight is 457 g/mol. The SMILES string of the molecule is COc1ccc(S(=O)(=O)N(CC(=O)NC[C@H](C)c2ccccc2)c2ccc(F)cc2)cc1.